The van der Waals surface area contributed by atoms with E-state index in [1.807, 2.05) is 0 Å². The highest BCUT2D eigenvalue weighted by atomic mass is 35.5. The van der Waals surface area contributed by atoms with Crippen LogP contribution in [-0.4, -0.2) is 48.7 Å². The predicted octanol–water partition coefficient (Wildman–Crippen LogP) is 1.08. The molecule has 1 atom stereocenters. The molecule has 0 aromatic carbocycles. The number of nitrogens with zero attached hydrogens (tertiary/aromatic N) is 2. The molecule has 1 aromatic rings. The minimum Gasteiger partial charge on any atom is -0.376 e. The van der Waals surface area contributed by atoms with Crippen molar-refractivity contribution in [2.24, 2.45) is 0 Å². The SMILES string of the molecule is Cc1nc(Cl)c(C=O)c(NCC2COCCO2)n1. The maximum Gasteiger partial charge on any atom is 0.156 e. The molecule has 0 radical (unpaired) electrons. The van der Waals surface area contributed by atoms with E-state index in [1.54, 1.807) is 6.92 Å². The maximum atomic E-state index is 11.0. The van der Waals surface area contributed by atoms with Crippen LogP contribution in [0, 0.1) is 6.92 Å². The first-order valence-corrected chi connectivity index (χ1v) is 6.01. The number of ether oxygens (including phenoxy) is 2. The summed E-state index contributed by atoms with van der Waals surface area (Å²) < 4.78 is 10.8. The van der Waals surface area contributed by atoms with E-state index < -0.39 is 0 Å². The number of carbonyl (C=O) groups excluding carboxylic acids is 1. The molecule has 18 heavy (non-hydrogen) atoms. The van der Waals surface area contributed by atoms with Gasteiger partial charge in [0.05, 0.1) is 31.5 Å². The molecule has 1 aromatic heterocycles. The zero-order chi connectivity index (χ0) is 13.0. The Morgan fingerprint density at radius 2 is 2.33 bits per heavy atom. The second kappa shape index (κ2) is 6.08. The molecule has 1 fully saturated rings. The van der Waals surface area contributed by atoms with Gasteiger partial charge in [-0.3, -0.25) is 4.79 Å². The molecule has 1 N–H and O–H groups in total. The number of halogens is 1. The van der Waals surface area contributed by atoms with E-state index in [-0.39, 0.29) is 16.8 Å². The van der Waals surface area contributed by atoms with Crippen LogP contribution in [0.15, 0.2) is 0 Å². The number of anilines is 1. The van der Waals surface area contributed by atoms with Crippen LogP contribution in [0.4, 0.5) is 5.82 Å². The Kier molecular flexibility index (Phi) is 4.46. The number of aryl methyl sites for hydroxylation is 1. The van der Waals surface area contributed by atoms with Gasteiger partial charge in [0.25, 0.3) is 0 Å². The van der Waals surface area contributed by atoms with Crippen LogP contribution in [0.3, 0.4) is 0 Å². The van der Waals surface area contributed by atoms with Crippen LogP contribution in [0.1, 0.15) is 16.2 Å². The summed E-state index contributed by atoms with van der Waals surface area (Å²) in [5, 5.41) is 3.20. The largest absolute Gasteiger partial charge is 0.376 e. The van der Waals surface area contributed by atoms with Crippen LogP contribution in [0.5, 0.6) is 0 Å². The second-order valence-corrected chi connectivity index (χ2v) is 4.25. The van der Waals surface area contributed by atoms with Gasteiger partial charge >= 0.3 is 0 Å². The Morgan fingerprint density at radius 1 is 1.50 bits per heavy atom. The predicted molar refractivity (Wildman–Crippen MR) is 66.2 cm³/mol. The van der Waals surface area contributed by atoms with Crippen molar-refractivity contribution in [3.63, 3.8) is 0 Å². The summed E-state index contributed by atoms with van der Waals surface area (Å²) in [6, 6.07) is 0. The van der Waals surface area contributed by atoms with Crippen LogP contribution in [0.2, 0.25) is 5.15 Å². The van der Waals surface area contributed by atoms with Gasteiger partial charge in [0.1, 0.15) is 16.8 Å². The summed E-state index contributed by atoms with van der Waals surface area (Å²) in [6.45, 7) is 3.95. The molecule has 0 amide bonds. The molecule has 98 valence electrons. The monoisotopic (exact) mass is 271 g/mol. The topological polar surface area (TPSA) is 73.3 Å². The van der Waals surface area contributed by atoms with Crippen molar-refractivity contribution in [3.05, 3.63) is 16.5 Å². The highest BCUT2D eigenvalue weighted by Crippen LogP contribution is 2.19. The van der Waals surface area contributed by atoms with Crippen molar-refractivity contribution in [2.45, 2.75) is 13.0 Å². The van der Waals surface area contributed by atoms with Gasteiger partial charge in [-0.05, 0) is 6.92 Å². The van der Waals surface area contributed by atoms with Gasteiger partial charge in [0, 0.05) is 6.54 Å². The quantitative estimate of drug-likeness (QED) is 0.652. The Labute approximate surface area is 110 Å². The lowest BCUT2D eigenvalue weighted by Gasteiger charge is -2.23. The summed E-state index contributed by atoms with van der Waals surface area (Å²) in [6.07, 6.45) is 0.592. The third-order valence-corrected chi connectivity index (χ3v) is 2.80. The number of hydrogen-bond donors (Lipinski definition) is 1. The van der Waals surface area contributed by atoms with Gasteiger partial charge in [0.2, 0.25) is 0 Å². The van der Waals surface area contributed by atoms with E-state index in [0.29, 0.717) is 44.3 Å². The normalized spacial score (nSPS) is 19.6. The molecule has 1 unspecified atom stereocenters. The van der Waals surface area contributed by atoms with Crippen molar-refractivity contribution < 1.29 is 14.3 Å². The minimum absolute atomic E-state index is 0.0488. The number of rotatable bonds is 4. The summed E-state index contributed by atoms with van der Waals surface area (Å²) in [5.41, 5.74) is 0.263. The van der Waals surface area contributed by atoms with Crippen molar-refractivity contribution in [1.82, 2.24) is 9.97 Å². The molecule has 2 rings (SSSR count). The maximum absolute atomic E-state index is 11.0. The number of aldehydes is 1. The molecular formula is C11H14ClN3O3. The van der Waals surface area contributed by atoms with Gasteiger partial charge in [0.15, 0.2) is 6.29 Å². The van der Waals surface area contributed by atoms with Gasteiger partial charge in [-0.25, -0.2) is 9.97 Å². The van der Waals surface area contributed by atoms with Crippen molar-refractivity contribution >= 4 is 23.7 Å². The molecule has 2 heterocycles. The Hall–Kier alpha value is -1.24. The minimum atomic E-state index is -0.0488. The molecule has 0 spiro atoms. The molecule has 7 heteroatoms. The standard InChI is InChI=1S/C11H14ClN3O3/c1-7-14-10(12)9(5-16)11(15-7)13-4-8-6-17-2-3-18-8/h5,8H,2-4,6H2,1H3,(H,13,14,15). The fraction of sp³-hybridized carbons (Fsp3) is 0.545. The molecule has 1 aliphatic heterocycles. The summed E-state index contributed by atoms with van der Waals surface area (Å²) in [7, 11) is 0. The lowest BCUT2D eigenvalue weighted by Crippen LogP contribution is -2.34. The number of nitrogens with one attached hydrogen (secondary N) is 1. The number of carbonyl (C=O) groups is 1. The number of hydrogen-bond acceptors (Lipinski definition) is 6. The molecule has 0 bridgehead atoms. The number of aromatic nitrogens is 2. The second-order valence-electron chi connectivity index (χ2n) is 3.89. The fourth-order valence-electron chi connectivity index (χ4n) is 1.65. The van der Waals surface area contributed by atoms with Gasteiger partial charge < -0.3 is 14.8 Å². The van der Waals surface area contributed by atoms with Gasteiger partial charge in [-0.15, -0.1) is 0 Å². The van der Waals surface area contributed by atoms with E-state index in [0.717, 1.165) is 0 Å². The van der Waals surface area contributed by atoms with Crippen LogP contribution >= 0.6 is 11.6 Å². The highest BCUT2D eigenvalue weighted by molar-refractivity contribution is 6.32. The molecule has 0 saturated carbocycles. The molecule has 0 aliphatic carbocycles. The third kappa shape index (κ3) is 3.16. The molecular weight excluding hydrogens is 258 g/mol. The van der Waals surface area contributed by atoms with Crippen molar-refractivity contribution in [2.75, 3.05) is 31.7 Å². The molecule has 1 aliphatic rings. The van der Waals surface area contributed by atoms with Crippen LogP contribution < -0.4 is 5.32 Å². The highest BCUT2D eigenvalue weighted by Gasteiger charge is 2.16. The average Bonchev–Trinajstić information content (AvgIpc) is 2.37. The zero-order valence-corrected chi connectivity index (χ0v) is 10.7. The Balaban J connectivity index is 2.05. The first-order chi connectivity index (χ1) is 8.70. The van der Waals surface area contributed by atoms with Gasteiger partial charge in [-0.1, -0.05) is 11.6 Å². The van der Waals surface area contributed by atoms with Crippen molar-refractivity contribution in [3.8, 4) is 0 Å². The first kappa shape index (κ1) is 13.2. The summed E-state index contributed by atoms with van der Waals surface area (Å²) in [4.78, 5) is 19.0. The summed E-state index contributed by atoms with van der Waals surface area (Å²) >= 11 is 5.88. The van der Waals surface area contributed by atoms with Crippen molar-refractivity contribution in [1.29, 1.82) is 0 Å². The Bertz CT molecular complexity index is 436. The van der Waals surface area contributed by atoms with E-state index in [4.69, 9.17) is 21.1 Å². The van der Waals surface area contributed by atoms with E-state index in [1.165, 1.54) is 0 Å². The van der Waals surface area contributed by atoms with E-state index in [2.05, 4.69) is 15.3 Å². The zero-order valence-electron chi connectivity index (χ0n) is 9.98. The summed E-state index contributed by atoms with van der Waals surface area (Å²) in [5.74, 6) is 0.936. The Morgan fingerprint density at radius 3 is 3.00 bits per heavy atom. The smallest absolute Gasteiger partial charge is 0.156 e. The van der Waals surface area contributed by atoms with E-state index >= 15 is 0 Å². The van der Waals surface area contributed by atoms with Gasteiger partial charge in [-0.2, -0.15) is 0 Å². The fourth-order valence-corrected chi connectivity index (χ4v) is 1.91. The van der Waals surface area contributed by atoms with Crippen LogP contribution in [-0.2, 0) is 9.47 Å². The molecule has 6 nitrogen and oxygen atoms in total. The van der Waals surface area contributed by atoms with E-state index in [9.17, 15) is 4.79 Å². The lowest BCUT2D eigenvalue weighted by molar-refractivity contribution is -0.0819. The first-order valence-electron chi connectivity index (χ1n) is 5.63. The molecule has 1 saturated heterocycles. The third-order valence-electron chi connectivity index (χ3n) is 2.51. The average molecular weight is 272 g/mol. The van der Waals surface area contributed by atoms with Crippen LogP contribution in [0.25, 0.3) is 0 Å². The lowest BCUT2D eigenvalue weighted by atomic mass is 10.3.